The van der Waals surface area contributed by atoms with Gasteiger partial charge in [0, 0.05) is 24.3 Å². The average molecular weight is 477 g/mol. The third-order valence-corrected chi connectivity index (χ3v) is 5.56. The Kier molecular flexibility index (Phi) is 6.86. The number of nitrogens with one attached hydrogen (secondary N) is 2. The van der Waals surface area contributed by atoms with Gasteiger partial charge in [0.15, 0.2) is 22.4 Å². The number of aromatic nitrogens is 2. The van der Waals surface area contributed by atoms with Gasteiger partial charge in [-0.05, 0) is 0 Å². The summed E-state index contributed by atoms with van der Waals surface area (Å²) in [6.07, 6.45) is -0.347. The highest BCUT2D eigenvalue weighted by atomic mass is 32.1. The Morgan fingerprint density at radius 3 is 2.67 bits per heavy atom. The number of esters is 1. The van der Waals surface area contributed by atoms with Crippen molar-refractivity contribution < 1.29 is 34.2 Å². The minimum absolute atomic E-state index is 0.122. The van der Waals surface area contributed by atoms with E-state index in [0.717, 1.165) is 17.4 Å². The van der Waals surface area contributed by atoms with Gasteiger partial charge >= 0.3 is 5.97 Å². The number of thiazole rings is 1. The number of hydrogen-bond acceptors (Lipinski definition) is 12. The van der Waals surface area contributed by atoms with Crippen molar-refractivity contribution in [1.82, 2.24) is 15.0 Å². The van der Waals surface area contributed by atoms with Gasteiger partial charge in [-0.2, -0.15) is 4.73 Å². The number of pyridine rings is 1. The van der Waals surface area contributed by atoms with Gasteiger partial charge in [0.1, 0.15) is 23.7 Å². The van der Waals surface area contributed by atoms with Crippen LogP contribution in [0.25, 0.3) is 0 Å². The molecule has 0 bridgehead atoms. The SMILES string of the molecule is N=C(C(=O)C[C@@H]1C(=O)N[C@@H]1COC(=O)CCC(=O)c1cc(=O)c(O)cn1O)c1csc(N)n1. The highest BCUT2D eigenvalue weighted by molar-refractivity contribution is 7.13. The van der Waals surface area contributed by atoms with Crippen LogP contribution in [0, 0.1) is 11.3 Å². The Bertz CT molecular complexity index is 1200. The molecule has 174 valence electrons. The zero-order chi connectivity index (χ0) is 24.3. The molecule has 3 rings (SSSR count). The number of ketones is 2. The maximum atomic E-state index is 12.3. The molecular formula is C19H19N5O8S. The molecule has 13 nitrogen and oxygen atoms in total. The van der Waals surface area contributed by atoms with E-state index in [2.05, 4.69) is 10.3 Å². The van der Waals surface area contributed by atoms with Gasteiger partial charge in [0.05, 0.1) is 24.6 Å². The number of nitrogens with zero attached hydrogens (tertiary/aromatic N) is 2. The fraction of sp³-hybridized carbons (Fsp3) is 0.316. The summed E-state index contributed by atoms with van der Waals surface area (Å²) in [4.78, 5) is 63.4. The maximum Gasteiger partial charge on any atom is 0.306 e. The minimum atomic E-state index is -0.862. The number of carbonyl (C=O) groups excluding carboxylic acids is 4. The fourth-order valence-electron chi connectivity index (χ4n) is 3.04. The molecule has 1 aliphatic heterocycles. The summed E-state index contributed by atoms with van der Waals surface area (Å²) in [7, 11) is 0. The molecule has 2 atom stereocenters. The lowest BCUT2D eigenvalue weighted by Gasteiger charge is -2.35. The fourth-order valence-corrected chi connectivity index (χ4v) is 3.59. The molecule has 2 aromatic rings. The highest BCUT2D eigenvalue weighted by Gasteiger charge is 2.41. The number of amides is 1. The maximum absolute atomic E-state index is 12.3. The van der Waals surface area contributed by atoms with E-state index in [9.17, 15) is 34.3 Å². The molecule has 0 saturated carbocycles. The number of β-lactam (4-membered cyclic amide) rings is 1. The Hall–Kier alpha value is -4.07. The number of aromatic hydroxyl groups is 1. The summed E-state index contributed by atoms with van der Waals surface area (Å²) in [5.74, 6) is -4.05. The van der Waals surface area contributed by atoms with Crippen LogP contribution in [0.15, 0.2) is 22.4 Å². The largest absolute Gasteiger partial charge is 0.503 e. The zero-order valence-corrected chi connectivity index (χ0v) is 17.8. The van der Waals surface area contributed by atoms with Gasteiger partial charge in [0.2, 0.25) is 11.3 Å². The second kappa shape index (κ2) is 9.60. The van der Waals surface area contributed by atoms with Crippen LogP contribution in [0.5, 0.6) is 5.75 Å². The van der Waals surface area contributed by atoms with E-state index >= 15 is 0 Å². The van der Waals surface area contributed by atoms with E-state index in [4.69, 9.17) is 15.9 Å². The summed E-state index contributed by atoms with van der Waals surface area (Å²) >= 11 is 1.08. The smallest absolute Gasteiger partial charge is 0.306 e. The van der Waals surface area contributed by atoms with Crippen LogP contribution in [0.4, 0.5) is 5.13 Å². The third-order valence-electron chi connectivity index (χ3n) is 4.89. The Morgan fingerprint density at radius 2 is 2.03 bits per heavy atom. The molecule has 0 aromatic carbocycles. The van der Waals surface area contributed by atoms with Crippen molar-refractivity contribution in [2.75, 3.05) is 12.3 Å². The van der Waals surface area contributed by atoms with Crippen molar-refractivity contribution in [2.45, 2.75) is 25.3 Å². The summed E-state index contributed by atoms with van der Waals surface area (Å²) in [6.45, 7) is -0.238. The van der Waals surface area contributed by atoms with Crippen molar-refractivity contribution >= 4 is 45.6 Å². The first-order valence-electron chi connectivity index (χ1n) is 9.54. The predicted molar refractivity (Wildman–Crippen MR) is 112 cm³/mol. The first-order valence-corrected chi connectivity index (χ1v) is 10.4. The van der Waals surface area contributed by atoms with Crippen molar-refractivity contribution in [3.05, 3.63) is 39.3 Å². The van der Waals surface area contributed by atoms with Crippen LogP contribution in [0.2, 0.25) is 0 Å². The Balaban J connectivity index is 1.47. The van der Waals surface area contributed by atoms with Crippen LogP contribution in [0.3, 0.4) is 0 Å². The summed E-state index contributed by atoms with van der Waals surface area (Å²) in [5, 5.41) is 30.9. The minimum Gasteiger partial charge on any atom is -0.503 e. The van der Waals surface area contributed by atoms with Gasteiger partial charge in [-0.25, -0.2) is 4.98 Å². The molecule has 1 fully saturated rings. The van der Waals surface area contributed by atoms with Crippen molar-refractivity contribution in [1.29, 1.82) is 5.41 Å². The van der Waals surface area contributed by atoms with Crippen LogP contribution in [-0.2, 0) is 19.1 Å². The van der Waals surface area contributed by atoms with E-state index in [1.165, 1.54) is 5.38 Å². The summed E-state index contributed by atoms with van der Waals surface area (Å²) in [5.41, 5.74) is 3.98. The monoisotopic (exact) mass is 477 g/mol. The van der Waals surface area contributed by atoms with Gasteiger partial charge in [-0.15, -0.1) is 11.3 Å². The summed E-state index contributed by atoms with van der Waals surface area (Å²) in [6, 6.07) is 0.112. The van der Waals surface area contributed by atoms with E-state index in [1.54, 1.807) is 0 Å². The molecule has 2 aromatic heterocycles. The number of nitrogens with two attached hydrogens (primary N) is 1. The Morgan fingerprint density at radius 1 is 1.30 bits per heavy atom. The number of anilines is 1. The number of ether oxygens (including phenoxy) is 1. The first-order chi connectivity index (χ1) is 15.6. The molecule has 1 saturated heterocycles. The zero-order valence-electron chi connectivity index (χ0n) is 16.9. The number of nitrogen functional groups attached to an aromatic ring is 1. The van der Waals surface area contributed by atoms with Gasteiger partial charge in [-0.3, -0.25) is 29.4 Å². The van der Waals surface area contributed by atoms with Gasteiger partial charge in [0.25, 0.3) is 0 Å². The lowest BCUT2D eigenvalue weighted by atomic mass is 9.85. The average Bonchev–Trinajstić information content (AvgIpc) is 3.21. The number of carbonyl (C=O) groups is 4. The quantitative estimate of drug-likeness (QED) is 0.0969. The third kappa shape index (κ3) is 5.41. The standard InChI is InChI=1S/C19H19N5O8S/c20-17(10-7-33-19(21)23-10)14(27)3-8-9(22-18(8)30)6-32-16(29)2-1-12(25)11-4-13(26)15(28)5-24(11)31/h4-5,7-9,20,28,31H,1-3,6H2,(H2,21,23)(H,22,30)/t8-,9+/m0/s1. The van der Waals surface area contributed by atoms with Gasteiger partial charge in [-0.1, -0.05) is 0 Å². The molecule has 1 aliphatic rings. The normalized spacial score (nSPS) is 17.0. The van der Waals surface area contributed by atoms with Crippen molar-refractivity contribution in [3.63, 3.8) is 0 Å². The van der Waals surface area contributed by atoms with E-state index in [-0.39, 0.29) is 47.1 Å². The number of rotatable bonds is 10. The topological polar surface area (TPSA) is 215 Å². The van der Waals surface area contributed by atoms with E-state index in [0.29, 0.717) is 6.20 Å². The second-order valence-electron chi connectivity index (χ2n) is 7.15. The lowest BCUT2D eigenvalue weighted by Crippen LogP contribution is -2.61. The molecule has 6 N–H and O–H groups in total. The molecule has 1 amide bonds. The molecule has 0 spiro atoms. The molecule has 3 heterocycles. The second-order valence-corrected chi connectivity index (χ2v) is 8.04. The van der Waals surface area contributed by atoms with Crippen LogP contribution >= 0.6 is 11.3 Å². The van der Waals surface area contributed by atoms with E-state index in [1.807, 2.05) is 0 Å². The summed E-state index contributed by atoms with van der Waals surface area (Å²) < 4.78 is 5.33. The van der Waals surface area contributed by atoms with Gasteiger partial charge < -0.3 is 26.1 Å². The Labute approximate surface area is 189 Å². The molecule has 14 heteroatoms. The molecule has 0 radical (unpaired) electrons. The molecule has 0 aliphatic carbocycles. The molecule has 33 heavy (non-hydrogen) atoms. The van der Waals surface area contributed by atoms with Crippen LogP contribution < -0.4 is 16.5 Å². The number of hydrogen-bond donors (Lipinski definition) is 5. The highest BCUT2D eigenvalue weighted by Crippen LogP contribution is 2.22. The lowest BCUT2D eigenvalue weighted by molar-refractivity contribution is -0.150. The van der Waals surface area contributed by atoms with Crippen LogP contribution in [0.1, 0.15) is 35.4 Å². The molecule has 0 unspecified atom stereocenters. The first kappa shape index (κ1) is 23.6. The van der Waals surface area contributed by atoms with E-state index < -0.39 is 52.3 Å². The van der Waals surface area contributed by atoms with Crippen molar-refractivity contribution in [3.8, 4) is 5.75 Å². The molecular weight excluding hydrogens is 458 g/mol. The number of Topliss-reactive ketones (excluding diaryl/α,β-unsaturated/α-hetero) is 2. The predicted octanol–water partition coefficient (Wildman–Crippen LogP) is -0.522. The van der Waals surface area contributed by atoms with Crippen molar-refractivity contribution in [2.24, 2.45) is 5.92 Å². The van der Waals surface area contributed by atoms with Crippen LogP contribution in [-0.4, -0.2) is 61.8 Å².